The second kappa shape index (κ2) is 5.63. The number of hydrogen-bond acceptors (Lipinski definition) is 2. The van der Waals surface area contributed by atoms with E-state index in [9.17, 15) is 4.39 Å². The van der Waals surface area contributed by atoms with Crippen LogP contribution in [0.4, 0.5) is 4.39 Å². The van der Waals surface area contributed by atoms with Crippen LogP contribution >= 0.6 is 15.9 Å². The summed E-state index contributed by atoms with van der Waals surface area (Å²) in [6, 6.07) is 4.73. The van der Waals surface area contributed by atoms with E-state index in [0.29, 0.717) is 6.54 Å². The smallest absolute Gasteiger partial charge is 0.123 e. The van der Waals surface area contributed by atoms with Gasteiger partial charge >= 0.3 is 0 Å². The molecule has 5 heteroatoms. The van der Waals surface area contributed by atoms with Crippen molar-refractivity contribution in [3.05, 3.63) is 51.8 Å². The summed E-state index contributed by atoms with van der Waals surface area (Å²) < 4.78 is 16.3. The van der Waals surface area contributed by atoms with Gasteiger partial charge in [0.15, 0.2) is 0 Å². The molecule has 0 aliphatic carbocycles. The standard InChI is InChI=1S/C13H15BrFN3/c1-9-17-7-12(6-16-2)18(9)8-10-5-11(15)3-4-13(10)14/h3-5,7,16H,6,8H2,1-2H3. The zero-order valence-electron chi connectivity index (χ0n) is 10.4. The van der Waals surface area contributed by atoms with Crippen molar-refractivity contribution < 1.29 is 4.39 Å². The number of nitrogens with one attached hydrogen (secondary N) is 1. The summed E-state index contributed by atoms with van der Waals surface area (Å²) in [6.45, 7) is 3.31. The second-order valence-electron chi connectivity index (χ2n) is 4.15. The first-order valence-corrected chi connectivity index (χ1v) is 6.50. The van der Waals surface area contributed by atoms with Crippen LogP contribution < -0.4 is 5.32 Å². The number of nitrogens with zero attached hydrogens (tertiary/aromatic N) is 2. The van der Waals surface area contributed by atoms with Crippen molar-refractivity contribution in [2.75, 3.05) is 7.05 Å². The molecule has 0 atom stereocenters. The molecule has 2 rings (SSSR count). The number of aromatic nitrogens is 2. The summed E-state index contributed by atoms with van der Waals surface area (Å²) in [5.41, 5.74) is 2.00. The zero-order chi connectivity index (χ0) is 13.1. The van der Waals surface area contributed by atoms with Gasteiger partial charge in [-0.2, -0.15) is 0 Å². The number of imidazole rings is 1. The van der Waals surface area contributed by atoms with Gasteiger partial charge in [-0.05, 0) is 37.7 Å². The Balaban J connectivity index is 2.33. The minimum absolute atomic E-state index is 0.221. The van der Waals surface area contributed by atoms with E-state index in [1.54, 1.807) is 12.1 Å². The highest BCUT2D eigenvalue weighted by atomic mass is 79.9. The van der Waals surface area contributed by atoms with Gasteiger partial charge in [0.2, 0.25) is 0 Å². The highest BCUT2D eigenvalue weighted by Crippen LogP contribution is 2.20. The summed E-state index contributed by atoms with van der Waals surface area (Å²) >= 11 is 3.45. The topological polar surface area (TPSA) is 29.9 Å². The lowest BCUT2D eigenvalue weighted by atomic mass is 10.2. The average Bonchev–Trinajstić information content (AvgIpc) is 2.67. The predicted octanol–water partition coefficient (Wildman–Crippen LogP) is 2.86. The van der Waals surface area contributed by atoms with E-state index < -0.39 is 0 Å². The molecule has 0 amide bonds. The maximum atomic E-state index is 13.3. The SMILES string of the molecule is CNCc1cnc(C)n1Cc1cc(F)ccc1Br. The third-order valence-corrected chi connectivity index (χ3v) is 3.61. The fourth-order valence-electron chi connectivity index (χ4n) is 1.89. The van der Waals surface area contributed by atoms with Crippen molar-refractivity contribution in [3.8, 4) is 0 Å². The van der Waals surface area contributed by atoms with Crippen molar-refractivity contribution in [2.45, 2.75) is 20.0 Å². The molecule has 2 aromatic rings. The summed E-state index contributed by atoms with van der Waals surface area (Å²) in [4.78, 5) is 4.30. The molecule has 18 heavy (non-hydrogen) atoms. The van der Waals surface area contributed by atoms with E-state index >= 15 is 0 Å². The van der Waals surface area contributed by atoms with Crippen molar-refractivity contribution in [1.29, 1.82) is 0 Å². The molecule has 3 nitrogen and oxygen atoms in total. The maximum absolute atomic E-state index is 13.3. The lowest BCUT2D eigenvalue weighted by molar-refractivity contribution is 0.619. The fraction of sp³-hybridized carbons (Fsp3) is 0.308. The van der Waals surface area contributed by atoms with E-state index in [1.807, 2.05) is 20.2 Å². The third-order valence-electron chi connectivity index (χ3n) is 2.83. The number of halogens is 2. The van der Waals surface area contributed by atoms with Crippen molar-refractivity contribution in [2.24, 2.45) is 0 Å². The summed E-state index contributed by atoms with van der Waals surface area (Å²) in [7, 11) is 1.89. The van der Waals surface area contributed by atoms with Gasteiger partial charge < -0.3 is 9.88 Å². The monoisotopic (exact) mass is 311 g/mol. The Labute approximate surface area is 114 Å². The quantitative estimate of drug-likeness (QED) is 0.941. The maximum Gasteiger partial charge on any atom is 0.123 e. The fourth-order valence-corrected chi connectivity index (χ4v) is 2.26. The number of aryl methyl sites for hydroxylation is 1. The normalized spacial score (nSPS) is 10.9. The molecule has 0 aliphatic rings. The van der Waals surface area contributed by atoms with E-state index in [4.69, 9.17) is 0 Å². The molecule has 0 saturated heterocycles. The van der Waals surface area contributed by atoms with E-state index in [2.05, 4.69) is 30.8 Å². The molecule has 0 saturated carbocycles. The van der Waals surface area contributed by atoms with E-state index in [-0.39, 0.29) is 5.82 Å². The molecule has 0 aliphatic heterocycles. The van der Waals surface area contributed by atoms with E-state index in [0.717, 1.165) is 28.1 Å². The second-order valence-corrected chi connectivity index (χ2v) is 5.00. The number of benzene rings is 1. The van der Waals surface area contributed by atoms with Crippen molar-refractivity contribution in [1.82, 2.24) is 14.9 Å². The minimum atomic E-state index is -0.221. The summed E-state index contributed by atoms with van der Waals surface area (Å²) in [5, 5.41) is 3.10. The number of hydrogen-bond donors (Lipinski definition) is 1. The van der Waals surface area contributed by atoms with Crippen LogP contribution in [0.3, 0.4) is 0 Å². The van der Waals surface area contributed by atoms with Gasteiger partial charge in [0.05, 0.1) is 12.2 Å². The van der Waals surface area contributed by atoms with Crippen molar-refractivity contribution >= 4 is 15.9 Å². The van der Waals surface area contributed by atoms with Gasteiger partial charge in [-0.25, -0.2) is 9.37 Å². The highest BCUT2D eigenvalue weighted by molar-refractivity contribution is 9.10. The molecular weight excluding hydrogens is 297 g/mol. The molecular formula is C13H15BrFN3. The van der Waals surface area contributed by atoms with Crippen LogP contribution in [0.25, 0.3) is 0 Å². The molecule has 0 fully saturated rings. The zero-order valence-corrected chi connectivity index (χ0v) is 12.0. The average molecular weight is 312 g/mol. The van der Waals surface area contributed by atoms with Crippen LogP contribution in [0.15, 0.2) is 28.9 Å². The van der Waals surface area contributed by atoms with Crippen LogP contribution in [0.1, 0.15) is 17.1 Å². The van der Waals surface area contributed by atoms with Gasteiger partial charge in [-0.1, -0.05) is 15.9 Å². The van der Waals surface area contributed by atoms with Gasteiger partial charge in [0.25, 0.3) is 0 Å². The molecule has 96 valence electrons. The first-order chi connectivity index (χ1) is 8.61. The predicted molar refractivity (Wildman–Crippen MR) is 72.9 cm³/mol. The molecule has 1 aromatic heterocycles. The van der Waals surface area contributed by atoms with Gasteiger partial charge in [0, 0.05) is 17.2 Å². The Morgan fingerprint density at radius 1 is 1.44 bits per heavy atom. The minimum Gasteiger partial charge on any atom is -0.327 e. The number of rotatable bonds is 4. The van der Waals surface area contributed by atoms with Gasteiger partial charge in [-0.15, -0.1) is 0 Å². The lowest BCUT2D eigenvalue weighted by Gasteiger charge is -2.11. The van der Waals surface area contributed by atoms with Crippen LogP contribution in [-0.2, 0) is 13.1 Å². The highest BCUT2D eigenvalue weighted by Gasteiger charge is 2.09. The Morgan fingerprint density at radius 2 is 2.22 bits per heavy atom. The van der Waals surface area contributed by atoms with Crippen LogP contribution in [0.5, 0.6) is 0 Å². The molecule has 0 bridgehead atoms. The van der Waals surface area contributed by atoms with Gasteiger partial charge in [0.1, 0.15) is 11.6 Å². The van der Waals surface area contributed by atoms with Crippen LogP contribution in [0.2, 0.25) is 0 Å². The molecule has 1 aromatic carbocycles. The van der Waals surface area contributed by atoms with Crippen LogP contribution in [-0.4, -0.2) is 16.6 Å². The van der Waals surface area contributed by atoms with E-state index in [1.165, 1.54) is 6.07 Å². The Morgan fingerprint density at radius 3 is 2.94 bits per heavy atom. The van der Waals surface area contributed by atoms with Crippen molar-refractivity contribution in [3.63, 3.8) is 0 Å². The molecule has 0 unspecified atom stereocenters. The molecule has 0 spiro atoms. The lowest BCUT2D eigenvalue weighted by Crippen LogP contribution is -2.13. The molecule has 0 radical (unpaired) electrons. The van der Waals surface area contributed by atoms with Gasteiger partial charge in [-0.3, -0.25) is 0 Å². The Bertz CT molecular complexity index is 551. The first-order valence-electron chi connectivity index (χ1n) is 5.71. The third kappa shape index (κ3) is 2.79. The Kier molecular flexibility index (Phi) is 4.14. The molecule has 1 heterocycles. The largest absolute Gasteiger partial charge is 0.327 e. The van der Waals surface area contributed by atoms with Crippen LogP contribution in [0, 0.1) is 12.7 Å². The summed E-state index contributed by atoms with van der Waals surface area (Å²) in [5.74, 6) is 0.706. The Hall–Kier alpha value is -1.20. The summed E-state index contributed by atoms with van der Waals surface area (Å²) in [6.07, 6.45) is 1.85. The first kappa shape index (κ1) is 13.2. The molecule has 1 N–H and O–H groups in total.